The molecular formula is C18H14FN7O3. The molecule has 0 saturated carbocycles. The van der Waals surface area contributed by atoms with Gasteiger partial charge in [-0.05, 0) is 58.3 Å². The van der Waals surface area contributed by atoms with E-state index in [9.17, 15) is 9.50 Å². The third-order valence-corrected chi connectivity index (χ3v) is 3.81. The number of nitrogens with one attached hydrogen (secondary N) is 2. The minimum atomic E-state index is -0.356. The van der Waals surface area contributed by atoms with Crippen LogP contribution in [0.5, 0.6) is 11.5 Å². The van der Waals surface area contributed by atoms with Crippen LogP contribution in [0.3, 0.4) is 0 Å². The maximum Gasteiger partial charge on any atom is 0.245 e. The van der Waals surface area contributed by atoms with Gasteiger partial charge >= 0.3 is 0 Å². The second-order valence-corrected chi connectivity index (χ2v) is 5.77. The van der Waals surface area contributed by atoms with Crippen LogP contribution in [0.25, 0.3) is 11.3 Å². The summed E-state index contributed by atoms with van der Waals surface area (Å²) >= 11 is 0. The highest BCUT2D eigenvalue weighted by Crippen LogP contribution is 2.26. The molecule has 10 nitrogen and oxygen atoms in total. The van der Waals surface area contributed by atoms with Gasteiger partial charge in [-0.1, -0.05) is 0 Å². The first-order valence-electron chi connectivity index (χ1n) is 8.31. The van der Waals surface area contributed by atoms with Crippen LogP contribution < -0.4 is 15.5 Å². The number of aromatic hydroxyl groups is 1. The van der Waals surface area contributed by atoms with Crippen molar-refractivity contribution in [3.8, 4) is 11.5 Å². The first-order chi connectivity index (χ1) is 14.1. The van der Waals surface area contributed by atoms with Crippen molar-refractivity contribution in [2.24, 2.45) is 5.10 Å². The average molecular weight is 395 g/mol. The highest BCUT2D eigenvalue weighted by Gasteiger charge is 2.13. The molecule has 0 atom stereocenters. The molecule has 2 heterocycles. The molecule has 0 aliphatic carbocycles. The van der Waals surface area contributed by atoms with Gasteiger partial charge in [-0.2, -0.15) is 10.1 Å². The molecule has 0 aliphatic heterocycles. The normalized spacial score (nSPS) is 11.1. The fourth-order valence-corrected chi connectivity index (χ4v) is 2.42. The minimum absolute atomic E-state index is 0.0262. The number of rotatable bonds is 6. The van der Waals surface area contributed by atoms with Gasteiger partial charge in [-0.25, -0.2) is 14.0 Å². The summed E-state index contributed by atoms with van der Waals surface area (Å²) in [6.07, 6.45) is 1.51. The molecule has 0 bridgehead atoms. The van der Waals surface area contributed by atoms with Crippen LogP contribution >= 0.6 is 0 Å². The van der Waals surface area contributed by atoms with Crippen LogP contribution in [-0.4, -0.2) is 38.7 Å². The molecule has 3 N–H and O–H groups in total. The lowest BCUT2D eigenvalue weighted by molar-refractivity contribution is 0.314. The van der Waals surface area contributed by atoms with Gasteiger partial charge in [-0.15, -0.1) is 0 Å². The number of fused-ring (bicyclic) bond motifs is 1. The van der Waals surface area contributed by atoms with Gasteiger partial charge in [0.05, 0.1) is 13.3 Å². The molecule has 0 amide bonds. The lowest BCUT2D eigenvalue weighted by atomic mass is 10.2. The Labute approximate surface area is 163 Å². The summed E-state index contributed by atoms with van der Waals surface area (Å²) in [4.78, 5) is 8.57. The van der Waals surface area contributed by atoms with Crippen LogP contribution in [0.2, 0.25) is 0 Å². The fraction of sp³-hybridized carbons (Fsp3) is 0.0556. The smallest absolute Gasteiger partial charge is 0.245 e. The van der Waals surface area contributed by atoms with E-state index in [0.29, 0.717) is 22.8 Å². The minimum Gasteiger partial charge on any atom is -0.504 e. The van der Waals surface area contributed by atoms with Crippen molar-refractivity contribution in [3.05, 3.63) is 53.8 Å². The average Bonchev–Trinajstić information content (AvgIpc) is 3.18. The number of hydrazone groups is 1. The Bertz CT molecular complexity index is 1180. The monoisotopic (exact) mass is 395 g/mol. The van der Waals surface area contributed by atoms with E-state index in [-0.39, 0.29) is 28.7 Å². The molecule has 4 rings (SSSR count). The zero-order chi connectivity index (χ0) is 20.2. The summed E-state index contributed by atoms with van der Waals surface area (Å²) in [5.74, 6) is 0.533. The summed E-state index contributed by atoms with van der Waals surface area (Å²) in [6.45, 7) is 0. The molecule has 0 fully saturated rings. The number of phenols is 1. The van der Waals surface area contributed by atoms with E-state index in [1.165, 1.54) is 31.5 Å². The standard InChI is InChI=1S/C18H14FN7O3/c1-28-14-8-10(2-7-13(14)27)9-20-24-16-15(21-12-5-3-11(19)4-6-12)22-17-18(23-16)26-29-25-17/h2-9,27H,1H3,(H,21,22,25)(H,23,24,26). The number of hydrogen-bond acceptors (Lipinski definition) is 10. The Morgan fingerprint density at radius 3 is 2.52 bits per heavy atom. The topological polar surface area (TPSA) is 131 Å². The SMILES string of the molecule is COc1cc(C=NNc2nc3nonc3nc2Nc2ccc(F)cc2)ccc1O. The number of ether oxygens (including phenoxy) is 1. The Hall–Kier alpha value is -4.28. The van der Waals surface area contributed by atoms with Gasteiger partial charge in [0.15, 0.2) is 23.1 Å². The van der Waals surface area contributed by atoms with Crippen molar-refractivity contribution < 1.29 is 18.9 Å². The van der Waals surface area contributed by atoms with Gasteiger partial charge < -0.3 is 15.2 Å². The van der Waals surface area contributed by atoms with Crippen molar-refractivity contribution >= 4 is 34.8 Å². The van der Waals surface area contributed by atoms with E-state index in [1.54, 1.807) is 24.3 Å². The van der Waals surface area contributed by atoms with Crippen molar-refractivity contribution in [3.63, 3.8) is 0 Å². The van der Waals surface area contributed by atoms with E-state index in [1.807, 2.05) is 0 Å². The number of methoxy groups -OCH3 is 1. The van der Waals surface area contributed by atoms with Crippen LogP contribution in [-0.2, 0) is 0 Å². The van der Waals surface area contributed by atoms with E-state index < -0.39 is 0 Å². The number of phenolic OH excluding ortho intramolecular Hbond substituents is 1. The van der Waals surface area contributed by atoms with Gasteiger partial charge in [0.25, 0.3) is 0 Å². The van der Waals surface area contributed by atoms with Crippen LogP contribution in [0, 0.1) is 5.82 Å². The summed E-state index contributed by atoms with van der Waals surface area (Å²) < 4.78 is 22.8. The predicted octanol–water partition coefficient (Wildman–Crippen LogP) is 3.06. The Morgan fingerprint density at radius 2 is 1.79 bits per heavy atom. The molecule has 0 saturated heterocycles. The number of anilines is 3. The molecule has 2 aromatic heterocycles. The quantitative estimate of drug-likeness (QED) is 0.333. The van der Waals surface area contributed by atoms with Crippen molar-refractivity contribution in [2.75, 3.05) is 17.9 Å². The predicted molar refractivity (Wildman–Crippen MR) is 103 cm³/mol. The third kappa shape index (κ3) is 4.03. The van der Waals surface area contributed by atoms with Crippen molar-refractivity contribution in [1.82, 2.24) is 20.3 Å². The number of halogens is 1. The molecule has 0 aliphatic rings. The van der Waals surface area contributed by atoms with Gasteiger partial charge in [0, 0.05) is 5.69 Å². The fourth-order valence-electron chi connectivity index (χ4n) is 2.42. The molecular weight excluding hydrogens is 381 g/mol. The Balaban J connectivity index is 1.60. The molecule has 4 aromatic rings. The number of benzene rings is 2. The first kappa shape index (κ1) is 18.1. The van der Waals surface area contributed by atoms with Crippen LogP contribution in [0.15, 0.2) is 52.2 Å². The highest BCUT2D eigenvalue weighted by molar-refractivity contribution is 5.82. The zero-order valence-corrected chi connectivity index (χ0v) is 15.0. The lowest BCUT2D eigenvalue weighted by Gasteiger charge is -2.09. The molecule has 0 radical (unpaired) electrons. The highest BCUT2D eigenvalue weighted by atomic mass is 19.1. The molecule has 0 unspecified atom stereocenters. The van der Waals surface area contributed by atoms with Crippen molar-refractivity contribution in [1.29, 1.82) is 0 Å². The zero-order valence-electron chi connectivity index (χ0n) is 15.0. The van der Waals surface area contributed by atoms with Gasteiger partial charge in [0.1, 0.15) is 5.82 Å². The van der Waals surface area contributed by atoms with E-state index >= 15 is 0 Å². The largest absolute Gasteiger partial charge is 0.504 e. The Kier molecular flexibility index (Phi) is 4.84. The van der Waals surface area contributed by atoms with Gasteiger partial charge in [0.2, 0.25) is 11.3 Å². The summed E-state index contributed by atoms with van der Waals surface area (Å²) in [5.41, 5.74) is 4.44. The number of hydrogen-bond donors (Lipinski definition) is 3. The maximum absolute atomic E-state index is 13.1. The second-order valence-electron chi connectivity index (χ2n) is 5.77. The lowest BCUT2D eigenvalue weighted by Crippen LogP contribution is -2.03. The molecule has 0 spiro atoms. The van der Waals surface area contributed by atoms with Crippen LogP contribution in [0.4, 0.5) is 21.7 Å². The van der Waals surface area contributed by atoms with E-state index in [0.717, 1.165) is 0 Å². The first-order valence-corrected chi connectivity index (χ1v) is 8.31. The molecule has 11 heteroatoms. The van der Waals surface area contributed by atoms with Gasteiger partial charge in [-0.3, -0.25) is 5.43 Å². The third-order valence-electron chi connectivity index (χ3n) is 3.81. The van der Waals surface area contributed by atoms with Crippen LogP contribution in [0.1, 0.15) is 5.56 Å². The molecule has 2 aromatic carbocycles. The summed E-state index contributed by atoms with van der Waals surface area (Å²) in [6, 6.07) is 10.5. The maximum atomic E-state index is 13.1. The van der Waals surface area contributed by atoms with Crippen molar-refractivity contribution in [2.45, 2.75) is 0 Å². The summed E-state index contributed by atoms with van der Waals surface area (Å²) in [5, 5.41) is 24.1. The second kappa shape index (κ2) is 7.76. The van der Waals surface area contributed by atoms with E-state index in [2.05, 4.69) is 40.8 Å². The summed E-state index contributed by atoms with van der Waals surface area (Å²) in [7, 11) is 1.46. The number of aromatic nitrogens is 4. The number of nitrogens with zero attached hydrogens (tertiary/aromatic N) is 5. The van der Waals surface area contributed by atoms with E-state index in [4.69, 9.17) is 4.74 Å². The Morgan fingerprint density at radius 1 is 1.07 bits per heavy atom. The molecule has 29 heavy (non-hydrogen) atoms. The molecule has 146 valence electrons.